The Morgan fingerprint density at radius 1 is 1.32 bits per heavy atom. The lowest BCUT2D eigenvalue weighted by molar-refractivity contribution is -0.384. The van der Waals surface area contributed by atoms with Crippen LogP contribution in [0.25, 0.3) is 11.1 Å². The van der Waals surface area contributed by atoms with Crippen molar-refractivity contribution in [1.29, 1.82) is 0 Å². The van der Waals surface area contributed by atoms with Gasteiger partial charge >= 0.3 is 12.0 Å². The second kappa shape index (κ2) is 6.91. The smallest absolute Gasteiger partial charge is 0.340 e. The summed E-state index contributed by atoms with van der Waals surface area (Å²) in [7, 11) is 0. The van der Waals surface area contributed by atoms with Crippen molar-refractivity contribution in [3.63, 3.8) is 0 Å². The third-order valence-electron chi connectivity index (χ3n) is 3.51. The van der Waals surface area contributed by atoms with E-state index < -0.39 is 16.9 Å². The summed E-state index contributed by atoms with van der Waals surface area (Å²) in [5.74, 6) is -0.585. The number of nitrogen functional groups attached to an aromatic ring is 1. The number of ether oxygens (including phenoxy) is 1. The first kappa shape index (κ1) is 17.8. The normalized spacial score (nSPS) is 10.3. The number of nitro groups is 1. The van der Waals surface area contributed by atoms with Crippen molar-refractivity contribution >= 4 is 23.5 Å². The van der Waals surface area contributed by atoms with Crippen LogP contribution in [0.15, 0.2) is 24.3 Å². The predicted octanol–water partition coefficient (Wildman–Crippen LogP) is 1.75. The molecule has 0 atom stereocenters. The molecule has 0 bridgehead atoms. The minimum absolute atomic E-state index is 0.0493. The van der Waals surface area contributed by atoms with Crippen LogP contribution in [0.5, 0.6) is 0 Å². The molecule has 25 heavy (non-hydrogen) atoms. The van der Waals surface area contributed by atoms with E-state index in [4.69, 9.17) is 16.2 Å². The summed E-state index contributed by atoms with van der Waals surface area (Å²) in [4.78, 5) is 33.8. The van der Waals surface area contributed by atoms with Gasteiger partial charge in [-0.15, -0.1) is 0 Å². The number of nitrogens with one attached hydrogen (secondary N) is 1. The van der Waals surface area contributed by atoms with Crippen LogP contribution < -0.4 is 16.9 Å². The van der Waals surface area contributed by atoms with E-state index in [1.807, 2.05) is 0 Å². The van der Waals surface area contributed by atoms with Gasteiger partial charge in [-0.1, -0.05) is 0 Å². The molecule has 0 saturated carbocycles. The molecule has 10 nitrogen and oxygen atoms in total. The summed E-state index contributed by atoms with van der Waals surface area (Å²) in [5.41, 5.74) is 14.6. The molecular weight excluding hydrogens is 330 g/mol. The topological polar surface area (TPSA) is 156 Å². The van der Waals surface area contributed by atoms with E-state index in [0.717, 1.165) is 0 Å². The largest absolute Gasteiger partial charge is 0.462 e. The number of amides is 2. The second-order valence-corrected chi connectivity index (χ2v) is 5.06. The lowest BCUT2D eigenvalue weighted by atomic mass is 10.0. The van der Waals surface area contributed by atoms with Crippen molar-refractivity contribution in [1.82, 2.24) is 4.68 Å². The Labute approximate surface area is 142 Å². The van der Waals surface area contributed by atoms with E-state index in [0.29, 0.717) is 16.8 Å². The average molecular weight is 347 g/mol. The van der Waals surface area contributed by atoms with Crippen molar-refractivity contribution in [2.24, 2.45) is 5.73 Å². The molecule has 0 radical (unpaired) electrons. The predicted molar refractivity (Wildman–Crippen MR) is 90.6 cm³/mol. The molecule has 5 N–H and O–H groups in total. The van der Waals surface area contributed by atoms with E-state index in [9.17, 15) is 19.7 Å². The number of aromatic nitrogens is 1. The van der Waals surface area contributed by atoms with Gasteiger partial charge in [-0.05, 0) is 31.5 Å². The number of anilines is 1. The SMILES string of the molecule is CCOC(=O)c1c(-c2ccc([N+](=O)[O-])cc2)c(N)n(NC(N)=O)c1C. The van der Waals surface area contributed by atoms with Gasteiger partial charge in [-0.3, -0.25) is 10.1 Å². The Morgan fingerprint density at radius 2 is 1.92 bits per heavy atom. The van der Waals surface area contributed by atoms with Crippen molar-refractivity contribution in [3.8, 4) is 11.1 Å². The Bertz CT molecular complexity index is 841. The molecule has 132 valence electrons. The van der Waals surface area contributed by atoms with Crippen LogP contribution in [0.4, 0.5) is 16.3 Å². The zero-order valence-electron chi connectivity index (χ0n) is 13.6. The van der Waals surface area contributed by atoms with Crippen molar-refractivity contribution in [2.75, 3.05) is 17.8 Å². The number of rotatable bonds is 5. The van der Waals surface area contributed by atoms with Gasteiger partial charge in [-0.25, -0.2) is 19.7 Å². The fourth-order valence-corrected chi connectivity index (χ4v) is 2.46. The highest BCUT2D eigenvalue weighted by atomic mass is 16.6. The highest BCUT2D eigenvalue weighted by molar-refractivity contribution is 6.03. The van der Waals surface area contributed by atoms with E-state index in [1.165, 1.54) is 28.9 Å². The number of benzene rings is 1. The van der Waals surface area contributed by atoms with Crippen molar-refractivity contribution in [3.05, 3.63) is 45.6 Å². The van der Waals surface area contributed by atoms with Gasteiger partial charge in [0.1, 0.15) is 5.82 Å². The molecule has 10 heteroatoms. The summed E-state index contributed by atoms with van der Waals surface area (Å²) in [5, 5.41) is 10.8. The number of urea groups is 1. The molecule has 1 aromatic carbocycles. The van der Waals surface area contributed by atoms with E-state index in [2.05, 4.69) is 5.43 Å². The van der Waals surface area contributed by atoms with Crippen molar-refractivity contribution < 1.29 is 19.2 Å². The fourth-order valence-electron chi connectivity index (χ4n) is 2.46. The van der Waals surface area contributed by atoms with Crippen LogP contribution in [0.2, 0.25) is 0 Å². The Hall–Kier alpha value is -3.56. The van der Waals surface area contributed by atoms with Crippen LogP contribution in [0.3, 0.4) is 0 Å². The molecule has 2 rings (SSSR count). The molecule has 0 aliphatic heterocycles. The van der Waals surface area contributed by atoms with Crippen molar-refractivity contribution in [2.45, 2.75) is 13.8 Å². The first-order valence-electron chi connectivity index (χ1n) is 7.27. The average Bonchev–Trinajstić information content (AvgIpc) is 2.79. The maximum absolute atomic E-state index is 12.3. The molecule has 2 amide bonds. The van der Waals surface area contributed by atoms with Gasteiger partial charge in [0.2, 0.25) is 0 Å². The van der Waals surface area contributed by atoms with Gasteiger partial charge < -0.3 is 16.2 Å². The van der Waals surface area contributed by atoms with Gasteiger partial charge in [0.15, 0.2) is 0 Å². The van der Waals surface area contributed by atoms with Crippen LogP contribution in [-0.4, -0.2) is 28.2 Å². The molecular formula is C15H17N5O5. The summed E-state index contributed by atoms with van der Waals surface area (Å²) >= 11 is 0. The Morgan fingerprint density at radius 3 is 2.40 bits per heavy atom. The van der Waals surface area contributed by atoms with E-state index in [-0.39, 0.29) is 23.7 Å². The first-order chi connectivity index (χ1) is 11.8. The van der Waals surface area contributed by atoms with Crippen LogP contribution in [0.1, 0.15) is 23.0 Å². The number of carbonyl (C=O) groups excluding carboxylic acids is 2. The van der Waals surface area contributed by atoms with E-state index in [1.54, 1.807) is 13.8 Å². The maximum atomic E-state index is 12.3. The Kier molecular flexibility index (Phi) is 4.92. The molecule has 1 heterocycles. The highest BCUT2D eigenvalue weighted by Gasteiger charge is 2.26. The number of hydrogen-bond donors (Lipinski definition) is 3. The highest BCUT2D eigenvalue weighted by Crippen LogP contribution is 2.35. The maximum Gasteiger partial charge on any atom is 0.340 e. The molecule has 0 spiro atoms. The molecule has 0 aliphatic carbocycles. The lowest BCUT2D eigenvalue weighted by Gasteiger charge is -2.08. The summed E-state index contributed by atoms with van der Waals surface area (Å²) in [6.45, 7) is 3.36. The lowest BCUT2D eigenvalue weighted by Crippen LogP contribution is -2.30. The minimum Gasteiger partial charge on any atom is -0.462 e. The summed E-state index contributed by atoms with van der Waals surface area (Å²) < 4.78 is 6.22. The molecule has 2 aromatic rings. The van der Waals surface area contributed by atoms with Crippen LogP contribution in [0, 0.1) is 17.0 Å². The fraction of sp³-hybridized carbons (Fsp3) is 0.200. The van der Waals surface area contributed by atoms with Gasteiger partial charge in [0, 0.05) is 17.7 Å². The van der Waals surface area contributed by atoms with Gasteiger partial charge in [0.25, 0.3) is 5.69 Å². The van der Waals surface area contributed by atoms with Crippen LogP contribution >= 0.6 is 0 Å². The summed E-state index contributed by atoms with van der Waals surface area (Å²) in [6, 6.07) is 4.63. The number of nitrogens with zero attached hydrogens (tertiary/aromatic N) is 2. The zero-order chi connectivity index (χ0) is 18.7. The quantitative estimate of drug-likeness (QED) is 0.425. The molecule has 0 aliphatic rings. The second-order valence-electron chi connectivity index (χ2n) is 5.06. The third-order valence-corrected chi connectivity index (χ3v) is 3.51. The Balaban J connectivity index is 2.67. The number of primary amides is 1. The number of hydrogen-bond acceptors (Lipinski definition) is 6. The third kappa shape index (κ3) is 3.37. The molecule has 0 unspecified atom stereocenters. The van der Waals surface area contributed by atoms with E-state index >= 15 is 0 Å². The minimum atomic E-state index is -0.865. The number of nitro benzene ring substituents is 1. The van der Waals surface area contributed by atoms with Gasteiger partial charge in [0.05, 0.1) is 22.8 Å². The summed E-state index contributed by atoms with van der Waals surface area (Å²) in [6.07, 6.45) is 0. The monoisotopic (exact) mass is 347 g/mol. The molecule has 0 saturated heterocycles. The van der Waals surface area contributed by atoms with Gasteiger partial charge in [-0.2, -0.15) is 0 Å². The number of carbonyl (C=O) groups is 2. The first-order valence-corrected chi connectivity index (χ1v) is 7.27. The molecule has 0 fully saturated rings. The standard InChI is InChI=1S/C15H17N5O5/c1-3-25-14(21)11-8(2)19(18-15(17)22)13(16)12(11)9-4-6-10(7-5-9)20(23)24/h4-7H,3,16H2,1-2H3,(H3,17,18,22). The number of esters is 1. The molecule has 1 aromatic heterocycles. The number of non-ortho nitro benzene ring substituents is 1. The zero-order valence-corrected chi connectivity index (χ0v) is 13.6. The number of nitrogens with two attached hydrogens (primary N) is 2. The van der Waals surface area contributed by atoms with Crippen LogP contribution in [-0.2, 0) is 4.74 Å².